The van der Waals surface area contributed by atoms with Gasteiger partial charge in [-0.3, -0.25) is 0 Å². The molecule has 0 unspecified atom stereocenters. The standard InChI is InChI=1S/C44H26N4O2.C26H15N3O2.C18H12BrN/c1-5-13-37-31(9-1)32-10-2-6-14-38(32)47(37)29-19-21-30(22-20-29)48-39-23-17-27(43-45-35-11-3-7-15-41(35)49-43)25-33(39)34-26-28(18-24-40(34)48)44-46-36-12-4-8-16-42(36)50-44;1-3-7-23-21(5-1)28-25(30-23)15-9-11-19-17(13-15)18-14-16(10-12-20(18)27-19)26-29-22-6-2-4-8-24(22)31-26;19-13-9-11-14(12-10-13)20-17-7-3-1-5-15(17)16-6-2-4-8-18(16)20/h1-26H;1-14,27H;1-12H. The van der Waals surface area contributed by atoms with Crippen LogP contribution in [0.15, 0.2) is 338 Å². The second-order valence-electron chi connectivity index (χ2n) is 25.1. The number of halogens is 1. The molecule has 13 heteroatoms. The van der Waals surface area contributed by atoms with E-state index in [0.29, 0.717) is 23.6 Å². The summed E-state index contributed by atoms with van der Waals surface area (Å²) >= 11 is 3.50. The number of nitrogens with zero attached hydrogens (tertiary/aromatic N) is 7. The van der Waals surface area contributed by atoms with E-state index in [4.69, 9.17) is 27.6 Å². The molecule has 0 bridgehead atoms. The van der Waals surface area contributed by atoms with Crippen molar-refractivity contribution in [1.82, 2.24) is 38.6 Å². The number of hydrogen-bond donors (Lipinski definition) is 1. The highest BCUT2D eigenvalue weighted by Crippen LogP contribution is 2.41. The number of nitrogens with one attached hydrogen (secondary N) is 1. The third-order valence-corrected chi connectivity index (χ3v) is 19.7. The van der Waals surface area contributed by atoms with Crippen molar-refractivity contribution >= 4 is 148 Å². The van der Waals surface area contributed by atoms with E-state index in [1.165, 1.54) is 49.3 Å². The molecule has 14 aromatic carbocycles. The third-order valence-electron chi connectivity index (χ3n) is 19.1. The number of fused-ring (bicyclic) bond motifs is 16. The average Bonchev–Trinajstić information content (AvgIpc) is 1.60. The van der Waals surface area contributed by atoms with E-state index in [-0.39, 0.29) is 0 Å². The molecule has 0 saturated carbocycles. The first-order chi connectivity index (χ1) is 49.9. The zero-order chi connectivity index (χ0) is 66.7. The Morgan fingerprint density at radius 1 is 0.238 bits per heavy atom. The van der Waals surface area contributed by atoms with Crippen molar-refractivity contribution in [3.8, 4) is 62.9 Å². The van der Waals surface area contributed by atoms with E-state index < -0.39 is 0 Å². The smallest absolute Gasteiger partial charge is 0.227 e. The second kappa shape index (κ2) is 23.4. The van der Waals surface area contributed by atoms with Crippen molar-refractivity contribution < 1.29 is 17.7 Å². The molecule has 0 saturated heterocycles. The van der Waals surface area contributed by atoms with Crippen LogP contribution in [0.4, 0.5) is 0 Å². The number of oxazole rings is 4. The summed E-state index contributed by atoms with van der Waals surface area (Å²) in [5.41, 5.74) is 22.8. The molecule has 0 radical (unpaired) electrons. The van der Waals surface area contributed by atoms with Gasteiger partial charge in [0.15, 0.2) is 22.3 Å². The van der Waals surface area contributed by atoms with Crippen LogP contribution in [0.5, 0.6) is 0 Å². The van der Waals surface area contributed by atoms with Crippen molar-refractivity contribution in [2.75, 3.05) is 0 Å². The van der Waals surface area contributed by atoms with Gasteiger partial charge in [0.2, 0.25) is 23.6 Å². The maximum atomic E-state index is 6.20. The fraction of sp³-hybridized carbons (Fsp3) is 0. The maximum Gasteiger partial charge on any atom is 0.227 e. The van der Waals surface area contributed by atoms with Crippen molar-refractivity contribution in [2.45, 2.75) is 0 Å². The van der Waals surface area contributed by atoms with Crippen molar-refractivity contribution in [1.29, 1.82) is 0 Å². The molecule has 0 fully saturated rings. The first-order valence-electron chi connectivity index (χ1n) is 33.3. The fourth-order valence-corrected chi connectivity index (χ4v) is 14.7. The molecule has 0 atom stereocenters. The monoisotopic (exact) mass is 1360 g/mol. The first-order valence-corrected chi connectivity index (χ1v) is 34.1. The minimum Gasteiger partial charge on any atom is -0.436 e. The number of benzene rings is 14. The van der Waals surface area contributed by atoms with E-state index in [2.05, 4.69) is 251 Å². The van der Waals surface area contributed by atoms with E-state index >= 15 is 0 Å². The van der Waals surface area contributed by atoms with Crippen LogP contribution in [-0.4, -0.2) is 38.6 Å². The lowest BCUT2D eigenvalue weighted by atomic mass is 10.1. The Bertz CT molecular complexity index is 6500. The Hall–Kier alpha value is -13.4. The summed E-state index contributed by atoms with van der Waals surface area (Å²) in [6, 6.07) is 108. The van der Waals surface area contributed by atoms with Gasteiger partial charge in [0.25, 0.3) is 0 Å². The van der Waals surface area contributed by atoms with Crippen molar-refractivity contribution in [3.05, 3.63) is 320 Å². The number of H-pyrrole nitrogens is 1. The number of hydrogen-bond acceptors (Lipinski definition) is 8. The highest BCUT2D eigenvalue weighted by Gasteiger charge is 2.21. The molecule has 0 aliphatic rings. The highest BCUT2D eigenvalue weighted by molar-refractivity contribution is 9.10. The molecule has 0 aliphatic heterocycles. The molecule has 0 aliphatic carbocycles. The number of aromatic amines is 1. The Kier molecular flexibility index (Phi) is 13.4. The fourth-order valence-electron chi connectivity index (χ4n) is 14.5. The van der Waals surface area contributed by atoms with Gasteiger partial charge >= 0.3 is 0 Å². The molecule has 22 rings (SSSR count). The summed E-state index contributed by atoms with van der Waals surface area (Å²) < 4.78 is 32.4. The summed E-state index contributed by atoms with van der Waals surface area (Å²) in [5, 5.41) is 9.48. The Labute approximate surface area is 583 Å². The lowest BCUT2D eigenvalue weighted by molar-refractivity contribution is 0.619. The minimum atomic E-state index is 0.597. The predicted octanol–water partition coefficient (Wildman–Crippen LogP) is 24.0. The molecule has 476 valence electrons. The highest BCUT2D eigenvalue weighted by atomic mass is 79.9. The van der Waals surface area contributed by atoms with Crippen LogP contribution < -0.4 is 0 Å². The van der Waals surface area contributed by atoms with Crippen LogP contribution in [-0.2, 0) is 0 Å². The summed E-state index contributed by atoms with van der Waals surface area (Å²) in [4.78, 5) is 22.4. The van der Waals surface area contributed by atoms with Gasteiger partial charge < -0.3 is 36.4 Å². The SMILES string of the molecule is Brc1ccc(-n2c3ccccc3c3ccccc32)cc1.c1ccc2oc(-c3ccc4[nH]c5ccc(-c6nc7ccccc7o6)cc5c4c3)nc2c1.c1ccc2oc(-c3ccc4c(c3)c3cc(-c5nc6ccccc6o5)ccc3n4-c3ccc(-n4c5ccccc5c5ccccc54)cc3)nc2c1. The third kappa shape index (κ3) is 9.88. The van der Waals surface area contributed by atoms with Crippen LogP contribution >= 0.6 is 15.9 Å². The Morgan fingerprint density at radius 3 is 0.812 bits per heavy atom. The van der Waals surface area contributed by atoms with Gasteiger partial charge in [-0.15, -0.1) is 0 Å². The topological polar surface area (TPSA) is 135 Å². The second-order valence-corrected chi connectivity index (χ2v) is 26.0. The van der Waals surface area contributed by atoms with Gasteiger partial charge in [-0.2, -0.15) is 0 Å². The molecular formula is C88H53BrN8O4. The van der Waals surface area contributed by atoms with Crippen LogP contribution in [0.25, 0.3) is 195 Å². The molecule has 12 nitrogen and oxygen atoms in total. The Morgan fingerprint density at radius 2 is 0.495 bits per heavy atom. The lowest BCUT2D eigenvalue weighted by Gasteiger charge is -2.12. The van der Waals surface area contributed by atoms with E-state index in [1.54, 1.807) is 0 Å². The van der Waals surface area contributed by atoms with Gasteiger partial charge in [-0.1, -0.05) is 137 Å². The lowest BCUT2D eigenvalue weighted by Crippen LogP contribution is -1.97. The van der Waals surface area contributed by atoms with E-state index in [1.807, 2.05) is 109 Å². The molecule has 0 spiro atoms. The number of rotatable bonds is 7. The van der Waals surface area contributed by atoms with Crippen molar-refractivity contribution in [2.24, 2.45) is 0 Å². The van der Waals surface area contributed by atoms with Gasteiger partial charge in [0, 0.05) is 97.9 Å². The molecule has 8 aromatic heterocycles. The first kappa shape index (κ1) is 57.8. The summed E-state index contributed by atoms with van der Waals surface area (Å²) in [6.07, 6.45) is 0. The van der Waals surface area contributed by atoms with Crippen LogP contribution in [0, 0.1) is 0 Å². The van der Waals surface area contributed by atoms with Gasteiger partial charge in [0.1, 0.15) is 22.1 Å². The summed E-state index contributed by atoms with van der Waals surface area (Å²) in [5.74, 6) is 2.43. The number of para-hydroxylation sites is 12. The Balaban J connectivity index is 0.000000114. The summed E-state index contributed by atoms with van der Waals surface area (Å²) in [6.45, 7) is 0. The average molecular weight is 1370 g/mol. The minimum absolute atomic E-state index is 0.597. The zero-order valence-corrected chi connectivity index (χ0v) is 55.2. The maximum absolute atomic E-state index is 6.20. The van der Waals surface area contributed by atoms with Crippen LogP contribution in [0.1, 0.15) is 0 Å². The molecule has 1 N–H and O–H groups in total. The molecule has 8 heterocycles. The molecule has 101 heavy (non-hydrogen) atoms. The molecule has 0 amide bonds. The predicted molar refractivity (Wildman–Crippen MR) is 411 cm³/mol. The van der Waals surface area contributed by atoms with Crippen LogP contribution in [0.2, 0.25) is 0 Å². The molecule has 22 aromatic rings. The van der Waals surface area contributed by atoms with Gasteiger partial charge in [0.05, 0.1) is 33.1 Å². The van der Waals surface area contributed by atoms with Crippen molar-refractivity contribution in [3.63, 3.8) is 0 Å². The summed E-state index contributed by atoms with van der Waals surface area (Å²) in [7, 11) is 0. The zero-order valence-electron chi connectivity index (χ0n) is 53.7. The van der Waals surface area contributed by atoms with E-state index in [9.17, 15) is 0 Å². The normalized spacial score (nSPS) is 11.8. The largest absolute Gasteiger partial charge is 0.436 e. The van der Waals surface area contributed by atoms with Gasteiger partial charge in [-0.25, -0.2) is 19.9 Å². The number of aromatic nitrogens is 8. The van der Waals surface area contributed by atoms with Gasteiger partial charge in [-0.05, 0) is 194 Å². The van der Waals surface area contributed by atoms with Crippen LogP contribution in [0.3, 0.4) is 0 Å². The molecular weight excluding hydrogens is 1310 g/mol. The quantitative estimate of drug-likeness (QED) is 0.167. The van der Waals surface area contributed by atoms with E-state index in [0.717, 1.165) is 126 Å².